The highest BCUT2D eigenvalue weighted by Gasteiger charge is 2.16. The van der Waals surface area contributed by atoms with E-state index in [2.05, 4.69) is 0 Å². The van der Waals surface area contributed by atoms with E-state index in [0.29, 0.717) is 13.0 Å². The molecule has 0 saturated heterocycles. The van der Waals surface area contributed by atoms with Crippen LogP contribution in [0.15, 0.2) is 0 Å². The van der Waals surface area contributed by atoms with Crippen LogP contribution in [0.4, 0.5) is 0 Å². The Balaban J connectivity index is 3.71. The summed E-state index contributed by atoms with van der Waals surface area (Å²) in [5, 5.41) is 8.75. The van der Waals surface area contributed by atoms with E-state index in [4.69, 9.17) is 9.84 Å². The van der Waals surface area contributed by atoms with Crippen LogP contribution in [0, 0.1) is 5.92 Å². The minimum atomic E-state index is -0.319. The van der Waals surface area contributed by atoms with E-state index in [-0.39, 0.29) is 18.5 Å². The number of carbonyl (C=O) groups excluding carboxylic acids is 1. The van der Waals surface area contributed by atoms with Crippen molar-refractivity contribution in [1.82, 2.24) is 0 Å². The van der Waals surface area contributed by atoms with Gasteiger partial charge in [0.15, 0.2) is 0 Å². The van der Waals surface area contributed by atoms with Crippen molar-refractivity contribution in [2.24, 2.45) is 5.92 Å². The van der Waals surface area contributed by atoms with Gasteiger partial charge in [-0.1, -0.05) is 13.3 Å². The standard InChI is InChI=1S/C8H16O3/c1-3-5-7(6-9)8(10)11-4-2/h7,9H,3-6H2,1-2H3. The lowest BCUT2D eigenvalue weighted by atomic mass is 10.1. The fourth-order valence-corrected chi connectivity index (χ4v) is 0.892. The minimum absolute atomic E-state index is 0.104. The van der Waals surface area contributed by atoms with E-state index in [1.54, 1.807) is 6.92 Å². The molecule has 0 aliphatic heterocycles. The van der Waals surface area contributed by atoms with Crippen LogP contribution < -0.4 is 0 Å². The average molecular weight is 160 g/mol. The molecule has 11 heavy (non-hydrogen) atoms. The molecular weight excluding hydrogens is 144 g/mol. The number of aliphatic hydroxyl groups excluding tert-OH is 1. The van der Waals surface area contributed by atoms with Crippen LogP contribution >= 0.6 is 0 Å². The SMILES string of the molecule is CCCC(CO)C(=O)OCC. The lowest BCUT2D eigenvalue weighted by Gasteiger charge is -2.10. The highest BCUT2D eigenvalue weighted by atomic mass is 16.5. The quantitative estimate of drug-likeness (QED) is 0.609. The fraction of sp³-hybridized carbons (Fsp3) is 0.875. The Kier molecular flexibility index (Phi) is 5.84. The molecule has 66 valence electrons. The molecule has 0 saturated carbocycles. The second kappa shape index (κ2) is 6.16. The topological polar surface area (TPSA) is 46.5 Å². The zero-order valence-corrected chi connectivity index (χ0v) is 7.17. The van der Waals surface area contributed by atoms with Gasteiger partial charge in [0.1, 0.15) is 0 Å². The van der Waals surface area contributed by atoms with E-state index in [0.717, 1.165) is 6.42 Å². The second-order valence-corrected chi connectivity index (χ2v) is 2.42. The van der Waals surface area contributed by atoms with Gasteiger partial charge >= 0.3 is 5.97 Å². The molecular formula is C8H16O3. The lowest BCUT2D eigenvalue weighted by molar-refractivity contribution is -0.149. The molecule has 0 fully saturated rings. The third-order valence-corrected chi connectivity index (χ3v) is 1.48. The van der Waals surface area contributed by atoms with Gasteiger partial charge < -0.3 is 9.84 Å². The van der Waals surface area contributed by atoms with Crippen molar-refractivity contribution in [1.29, 1.82) is 0 Å². The van der Waals surface area contributed by atoms with Crippen LogP contribution in [0.2, 0.25) is 0 Å². The van der Waals surface area contributed by atoms with E-state index < -0.39 is 0 Å². The van der Waals surface area contributed by atoms with Crippen LogP contribution in [0.3, 0.4) is 0 Å². The van der Waals surface area contributed by atoms with Crippen LogP contribution in [0.5, 0.6) is 0 Å². The zero-order chi connectivity index (χ0) is 8.69. The van der Waals surface area contributed by atoms with Gasteiger partial charge in [-0.05, 0) is 13.3 Å². The summed E-state index contributed by atoms with van der Waals surface area (Å²) in [4.78, 5) is 11.0. The third-order valence-electron chi connectivity index (χ3n) is 1.48. The molecule has 0 aromatic rings. The molecule has 1 N–H and O–H groups in total. The van der Waals surface area contributed by atoms with Gasteiger partial charge in [0.2, 0.25) is 0 Å². The number of ether oxygens (including phenoxy) is 1. The van der Waals surface area contributed by atoms with Crippen molar-refractivity contribution in [2.45, 2.75) is 26.7 Å². The van der Waals surface area contributed by atoms with Crippen molar-refractivity contribution in [3.63, 3.8) is 0 Å². The molecule has 0 heterocycles. The largest absolute Gasteiger partial charge is 0.466 e. The molecule has 0 radical (unpaired) electrons. The normalized spacial score (nSPS) is 12.6. The summed E-state index contributed by atoms with van der Waals surface area (Å²) in [6.45, 7) is 4.02. The fourth-order valence-electron chi connectivity index (χ4n) is 0.892. The summed E-state index contributed by atoms with van der Waals surface area (Å²) in [6, 6.07) is 0. The molecule has 1 atom stereocenters. The van der Waals surface area contributed by atoms with E-state index in [9.17, 15) is 4.79 Å². The predicted molar refractivity (Wildman–Crippen MR) is 42.1 cm³/mol. The summed E-state index contributed by atoms with van der Waals surface area (Å²) in [6.07, 6.45) is 1.60. The second-order valence-electron chi connectivity index (χ2n) is 2.42. The maximum atomic E-state index is 11.0. The molecule has 1 unspecified atom stereocenters. The smallest absolute Gasteiger partial charge is 0.311 e. The van der Waals surface area contributed by atoms with E-state index in [1.165, 1.54) is 0 Å². The van der Waals surface area contributed by atoms with E-state index in [1.807, 2.05) is 6.92 Å². The molecule has 0 rings (SSSR count). The Morgan fingerprint density at radius 3 is 2.55 bits per heavy atom. The first-order valence-corrected chi connectivity index (χ1v) is 4.03. The Hall–Kier alpha value is -0.570. The first kappa shape index (κ1) is 10.4. The maximum absolute atomic E-state index is 11.0. The predicted octanol–water partition coefficient (Wildman–Crippen LogP) is 0.958. The van der Waals surface area contributed by atoms with Gasteiger partial charge in [-0.2, -0.15) is 0 Å². The highest BCUT2D eigenvalue weighted by molar-refractivity contribution is 5.72. The van der Waals surface area contributed by atoms with Crippen molar-refractivity contribution >= 4 is 5.97 Å². The number of rotatable bonds is 5. The van der Waals surface area contributed by atoms with Gasteiger partial charge in [-0.3, -0.25) is 4.79 Å². The third kappa shape index (κ3) is 3.98. The van der Waals surface area contributed by atoms with Gasteiger partial charge in [0.05, 0.1) is 19.1 Å². The van der Waals surface area contributed by atoms with Crippen molar-refractivity contribution in [3.05, 3.63) is 0 Å². The first-order valence-electron chi connectivity index (χ1n) is 4.03. The molecule has 0 aliphatic carbocycles. The number of hydrogen-bond acceptors (Lipinski definition) is 3. The van der Waals surface area contributed by atoms with Gasteiger partial charge in [0.25, 0.3) is 0 Å². The summed E-state index contributed by atoms with van der Waals surface area (Å²) < 4.78 is 4.75. The molecule has 3 nitrogen and oxygen atoms in total. The number of esters is 1. The lowest BCUT2D eigenvalue weighted by Crippen LogP contribution is -2.20. The summed E-state index contributed by atoms with van der Waals surface area (Å²) in [5.74, 6) is -0.600. The molecule has 0 aromatic carbocycles. The molecule has 0 aliphatic rings. The molecule has 0 spiro atoms. The van der Waals surface area contributed by atoms with Crippen molar-refractivity contribution in [3.8, 4) is 0 Å². The Bertz CT molecular complexity index is 112. The maximum Gasteiger partial charge on any atom is 0.311 e. The first-order chi connectivity index (χ1) is 5.26. The molecule has 3 heteroatoms. The summed E-state index contributed by atoms with van der Waals surface area (Å²) in [5.41, 5.74) is 0. The molecule has 0 amide bonds. The number of hydrogen-bond donors (Lipinski definition) is 1. The number of carbonyl (C=O) groups is 1. The minimum Gasteiger partial charge on any atom is -0.466 e. The van der Waals surface area contributed by atoms with Gasteiger partial charge in [-0.25, -0.2) is 0 Å². The zero-order valence-electron chi connectivity index (χ0n) is 7.17. The Labute approximate surface area is 67.4 Å². The highest BCUT2D eigenvalue weighted by Crippen LogP contribution is 2.07. The van der Waals surface area contributed by atoms with Gasteiger partial charge in [-0.15, -0.1) is 0 Å². The van der Waals surface area contributed by atoms with Crippen LogP contribution in [0.1, 0.15) is 26.7 Å². The Morgan fingerprint density at radius 1 is 1.55 bits per heavy atom. The van der Waals surface area contributed by atoms with Gasteiger partial charge in [0, 0.05) is 0 Å². The van der Waals surface area contributed by atoms with Crippen LogP contribution in [0.25, 0.3) is 0 Å². The van der Waals surface area contributed by atoms with Crippen molar-refractivity contribution in [2.75, 3.05) is 13.2 Å². The van der Waals surface area contributed by atoms with Crippen molar-refractivity contribution < 1.29 is 14.6 Å². The van der Waals surface area contributed by atoms with E-state index >= 15 is 0 Å². The van der Waals surface area contributed by atoms with Crippen LogP contribution in [-0.2, 0) is 9.53 Å². The summed E-state index contributed by atoms with van der Waals surface area (Å²) >= 11 is 0. The number of aliphatic hydroxyl groups is 1. The molecule has 0 aromatic heterocycles. The Morgan fingerprint density at radius 2 is 2.18 bits per heavy atom. The summed E-state index contributed by atoms with van der Waals surface area (Å²) in [7, 11) is 0. The molecule has 0 bridgehead atoms. The average Bonchev–Trinajstić information content (AvgIpc) is 2.00. The van der Waals surface area contributed by atoms with Crippen LogP contribution in [-0.4, -0.2) is 24.3 Å². The monoisotopic (exact) mass is 160 g/mol.